The first-order chi connectivity index (χ1) is 20.8. The van der Waals surface area contributed by atoms with E-state index in [1.807, 2.05) is 48.5 Å². The molecule has 4 aromatic rings. The minimum absolute atomic E-state index is 0.0559. The molecule has 4 aromatic carbocycles. The van der Waals surface area contributed by atoms with Gasteiger partial charge in [0.25, 0.3) is 11.8 Å². The fourth-order valence-corrected chi connectivity index (χ4v) is 5.32. The third-order valence-corrected chi connectivity index (χ3v) is 7.56. The van der Waals surface area contributed by atoms with Crippen molar-refractivity contribution in [2.24, 2.45) is 16.5 Å². The van der Waals surface area contributed by atoms with Crippen LogP contribution in [0.25, 0.3) is 10.8 Å². The van der Waals surface area contributed by atoms with Crippen molar-refractivity contribution in [1.29, 1.82) is 0 Å². The SMILES string of the molecule is NC(N)=NCCCNc1ccc2c3c(cccc13)C(=O)N(c1cccc(CCC(=O)NCCc3ccc(Cl)cc3)c1)C2=O. The highest BCUT2D eigenvalue weighted by Gasteiger charge is 2.34. The zero-order chi connectivity index (χ0) is 30.3. The third kappa shape index (κ3) is 6.95. The van der Waals surface area contributed by atoms with E-state index in [0.29, 0.717) is 66.1 Å². The number of aryl methyl sites for hydroxylation is 1. The molecular formula is C33H33ClN6O3. The number of hydrogen-bond donors (Lipinski definition) is 4. The van der Waals surface area contributed by atoms with E-state index < -0.39 is 0 Å². The second kappa shape index (κ2) is 13.4. The van der Waals surface area contributed by atoms with Gasteiger partial charge < -0.3 is 22.1 Å². The first-order valence-corrected chi connectivity index (χ1v) is 14.5. The Morgan fingerprint density at radius 3 is 2.35 bits per heavy atom. The van der Waals surface area contributed by atoms with Gasteiger partial charge in [0.2, 0.25) is 5.91 Å². The number of nitrogens with two attached hydrogens (primary N) is 2. The molecule has 10 heteroatoms. The van der Waals surface area contributed by atoms with Gasteiger partial charge in [0.15, 0.2) is 5.96 Å². The van der Waals surface area contributed by atoms with Crippen molar-refractivity contribution in [3.05, 3.63) is 106 Å². The molecule has 0 fully saturated rings. The van der Waals surface area contributed by atoms with Crippen molar-refractivity contribution >= 4 is 57.4 Å². The zero-order valence-corrected chi connectivity index (χ0v) is 24.4. The lowest BCUT2D eigenvalue weighted by atomic mass is 9.92. The summed E-state index contributed by atoms with van der Waals surface area (Å²) in [6.45, 7) is 1.64. The molecule has 0 bridgehead atoms. The van der Waals surface area contributed by atoms with Crippen LogP contribution in [0.4, 0.5) is 11.4 Å². The molecule has 0 unspecified atom stereocenters. The molecule has 9 nitrogen and oxygen atoms in total. The number of anilines is 2. The molecule has 220 valence electrons. The van der Waals surface area contributed by atoms with Gasteiger partial charge in [-0.3, -0.25) is 19.4 Å². The molecule has 0 aliphatic carbocycles. The van der Waals surface area contributed by atoms with Crippen LogP contribution >= 0.6 is 11.6 Å². The highest BCUT2D eigenvalue weighted by atomic mass is 35.5. The van der Waals surface area contributed by atoms with Crippen molar-refractivity contribution in [3.63, 3.8) is 0 Å². The van der Waals surface area contributed by atoms with Crippen LogP contribution in [0.1, 0.15) is 44.7 Å². The van der Waals surface area contributed by atoms with E-state index in [9.17, 15) is 14.4 Å². The van der Waals surface area contributed by atoms with E-state index in [2.05, 4.69) is 15.6 Å². The zero-order valence-electron chi connectivity index (χ0n) is 23.6. The van der Waals surface area contributed by atoms with Crippen molar-refractivity contribution in [3.8, 4) is 0 Å². The van der Waals surface area contributed by atoms with E-state index in [1.165, 1.54) is 4.90 Å². The third-order valence-electron chi connectivity index (χ3n) is 7.31. The Kier molecular flexibility index (Phi) is 9.22. The van der Waals surface area contributed by atoms with Crippen LogP contribution < -0.4 is 27.0 Å². The number of carbonyl (C=O) groups is 3. The lowest BCUT2D eigenvalue weighted by molar-refractivity contribution is -0.121. The molecule has 1 heterocycles. The van der Waals surface area contributed by atoms with Crippen LogP contribution in [0.3, 0.4) is 0 Å². The summed E-state index contributed by atoms with van der Waals surface area (Å²) in [7, 11) is 0. The summed E-state index contributed by atoms with van der Waals surface area (Å²) in [6.07, 6.45) is 2.19. The Labute approximate surface area is 254 Å². The molecule has 3 amide bonds. The summed E-state index contributed by atoms with van der Waals surface area (Å²) in [5, 5.41) is 8.43. The van der Waals surface area contributed by atoms with Gasteiger partial charge in [-0.2, -0.15) is 0 Å². The van der Waals surface area contributed by atoms with Gasteiger partial charge in [0.05, 0.1) is 5.69 Å². The Bertz CT molecular complexity index is 1680. The summed E-state index contributed by atoms with van der Waals surface area (Å²) in [4.78, 5) is 45.1. The number of amides is 3. The molecule has 5 rings (SSSR count). The standard InChI is InChI=1S/C33H33ClN6O3/c34-23-11-8-21(9-12-23)16-19-38-29(41)15-10-22-4-1-5-24(20-22)40-31(42)26-7-2-6-25-28(37-17-3-18-39-33(35)36)14-13-27(30(25)26)32(40)43/h1-2,4-9,11-14,20,37H,3,10,15-19H2,(H,38,41)(H4,35,36,39). The molecule has 0 spiro atoms. The minimum atomic E-state index is -0.384. The van der Waals surface area contributed by atoms with Crippen LogP contribution in [-0.2, 0) is 17.6 Å². The van der Waals surface area contributed by atoms with Crippen LogP contribution in [0.2, 0.25) is 5.02 Å². The van der Waals surface area contributed by atoms with E-state index >= 15 is 0 Å². The lowest BCUT2D eigenvalue weighted by Crippen LogP contribution is -2.40. The molecule has 0 saturated heterocycles. The number of aliphatic imine (C=N–C) groups is 1. The number of guanidine groups is 1. The maximum atomic E-state index is 13.7. The van der Waals surface area contributed by atoms with Gasteiger partial charge in [-0.05, 0) is 72.9 Å². The maximum absolute atomic E-state index is 13.7. The molecule has 0 radical (unpaired) electrons. The van der Waals surface area contributed by atoms with Gasteiger partial charge >= 0.3 is 0 Å². The highest BCUT2D eigenvalue weighted by molar-refractivity contribution is 6.36. The van der Waals surface area contributed by atoms with Crippen molar-refractivity contribution in [2.75, 3.05) is 29.9 Å². The monoisotopic (exact) mass is 596 g/mol. The van der Waals surface area contributed by atoms with Gasteiger partial charge in [0.1, 0.15) is 0 Å². The van der Waals surface area contributed by atoms with Gasteiger partial charge in [-0.1, -0.05) is 48.0 Å². The summed E-state index contributed by atoms with van der Waals surface area (Å²) >= 11 is 5.93. The fourth-order valence-electron chi connectivity index (χ4n) is 5.19. The Morgan fingerprint density at radius 2 is 1.58 bits per heavy atom. The van der Waals surface area contributed by atoms with Gasteiger partial charge in [0, 0.05) is 58.7 Å². The first-order valence-electron chi connectivity index (χ1n) is 14.2. The quantitative estimate of drug-likeness (QED) is 0.0811. The second-order valence-electron chi connectivity index (χ2n) is 10.3. The predicted molar refractivity (Wildman–Crippen MR) is 172 cm³/mol. The molecule has 6 N–H and O–H groups in total. The van der Waals surface area contributed by atoms with E-state index in [0.717, 1.165) is 22.2 Å². The molecule has 0 aromatic heterocycles. The number of imide groups is 1. The molecule has 0 saturated carbocycles. The smallest absolute Gasteiger partial charge is 0.265 e. The lowest BCUT2D eigenvalue weighted by Gasteiger charge is -2.28. The molecule has 1 aliphatic rings. The van der Waals surface area contributed by atoms with Crippen molar-refractivity contribution in [1.82, 2.24) is 5.32 Å². The Hall–Kier alpha value is -4.89. The molecule has 0 atom stereocenters. The number of halogens is 1. The van der Waals surface area contributed by atoms with E-state index in [1.54, 1.807) is 30.3 Å². The van der Waals surface area contributed by atoms with Crippen molar-refractivity contribution in [2.45, 2.75) is 25.7 Å². The van der Waals surface area contributed by atoms with E-state index in [4.69, 9.17) is 23.1 Å². The van der Waals surface area contributed by atoms with Crippen LogP contribution in [0.15, 0.2) is 83.9 Å². The number of benzene rings is 4. The number of rotatable bonds is 12. The van der Waals surface area contributed by atoms with Crippen molar-refractivity contribution < 1.29 is 14.4 Å². The van der Waals surface area contributed by atoms with Gasteiger partial charge in [-0.15, -0.1) is 0 Å². The number of hydrogen-bond acceptors (Lipinski definition) is 5. The average molecular weight is 597 g/mol. The van der Waals surface area contributed by atoms with Crippen LogP contribution in [0, 0.1) is 0 Å². The normalized spacial score (nSPS) is 12.3. The number of nitrogens with zero attached hydrogens (tertiary/aromatic N) is 2. The first kappa shape index (κ1) is 29.6. The number of nitrogens with one attached hydrogen (secondary N) is 2. The Morgan fingerprint density at radius 1 is 0.837 bits per heavy atom. The highest BCUT2D eigenvalue weighted by Crippen LogP contribution is 2.36. The summed E-state index contributed by atoms with van der Waals surface area (Å²) < 4.78 is 0. The van der Waals surface area contributed by atoms with Crippen LogP contribution in [0.5, 0.6) is 0 Å². The van der Waals surface area contributed by atoms with E-state index in [-0.39, 0.29) is 30.1 Å². The maximum Gasteiger partial charge on any atom is 0.265 e. The summed E-state index contributed by atoms with van der Waals surface area (Å²) in [5.41, 5.74) is 14.9. The van der Waals surface area contributed by atoms with Gasteiger partial charge in [-0.25, -0.2) is 4.90 Å². The fraction of sp³-hybridized carbons (Fsp3) is 0.212. The minimum Gasteiger partial charge on any atom is -0.384 e. The summed E-state index contributed by atoms with van der Waals surface area (Å²) in [5.74, 6) is -0.777. The number of carbonyl (C=O) groups excluding carboxylic acids is 3. The second-order valence-corrected chi connectivity index (χ2v) is 10.8. The molecule has 43 heavy (non-hydrogen) atoms. The molecule has 1 aliphatic heterocycles. The summed E-state index contributed by atoms with van der Waals surface area (Å²) in [6, 6.07) is 23.9. The predicted octanol–water partition coefficient (Wildman–Crippen LogP) is 4.66. The van der Waals surface area contributed by atoms with Crippen LogP contribution in [-0.4, -0.2) is 43.3 Å². The Balaban J connectivity index is 1.25. The topological polar surface area (TPSA) is 143 Å². The average Bonchev–Trinajstić information content (AvgIpc) is 3.00. The molecular weight excluding hydrogens is 564 g/mol. The largest absolute Gasteiger partial charge is 0.384 e.